The summed E-state index contributed by atoms with van der Waals surface area (Å²) in [6.45, 7) is 22.8. The van der Waals surface area contributed by atoms with Crippen LogP contribution < -0.4 is 147 Å². The number of para-hydroxylation sites is 3. The Morgan fingerprint density at radius 3 is 0.879 bits per heavy atom. The smallest absolute Gasteiger partial charge is 0.168 e. The Labute approximate surface area is 844 Å². The zero-order valence-electron chi connectivity index (χ0n) is 83.9. The molecule has 12 nitrogen and oxygen atoms in total. The van der Waals surface area contributed by atoms with Crippen LogP contribution in [0.4, 0.5) is 30.7 Å². The molecule has 14 aromatic carbocycles. The molecular formula is C109H129F7IO12P7SSi3. The van der Waals surface area contributed by atoms with E-state index < -0.39 is 39.9 Å². The van der Waals surface area contributed by atoms with E-state index in [1.54, 1.807) is 152 Å². The quantitative estimate of drug-likeness (QED) is 0.0116. The van der Waals surface area contributed by atoms with E-state index >= 15 is 0 Å². The summed E-state index contributed by atoms with van der Waals surface area (Å²) in [6.07, 6.45) is 0. The van der Waals surface area contributed by atoms with Crippen LogP contribution in [0, 0.1) is 51.2 Å². The van der Waals surface area contributed by atoms with Gasteiger partial charge in [0, 0.05) is 69.7 Å². The fourth-order valence-electron chi connectivity index (χ4n) is 13.7. The molecule has 0 amide bonds. The van der Waals surface area contributed by atoms with Crippen LogP contribution >= 0.6 is 85.5 Å². The standard InChI is InChI=1S/C19H29FIOPSSi.2C16H20FOPSi.C15H16FO3P.C15H16FO2P.2C14H14FO2P/c1-21(2,3,24)16-12-14(25(5,6)7)13-18(19(16)22-4)23-17-11-9-8-10-15(17)20;1-18-16-14(10-7-11-15(16)20(2,3)4)19-13-9-6-5-8-12(13)17;1-18-14-10-9-12(20(2,3)4)11-16(14)19-15-8-6-5-7-13(15)17;1-17-10-8-12(18-2)15(19-3)14(9-10)20-13-7-5-4-6-11(13)16;1-10-6-4-7-11(16)15(10)19-13-9-5-8-12(17-2)14(13)18-3;1-16-11-7-5-9-13(14(11)17-2)18-12-8-4-3-6-10(12)15;1-16-10-7-8-12(17-2)14(9-10)18-13-6-4-3-5-11(13)15/h8-13,23-24H,1-7H3;2*5-11,19H,1-4H3;4-9,20H,1-3H3;4-9,19H,1-3H3;2*3-9,18H,1-2H3. The van der Waals surface area contributed by atoms with Crippen molar-refractivity contribution in [1.29, 1.82) is 0 Å². The van der Waals surface area contributed by atoms with Gasteiger partial charge in [-0.3, -0.25) is 0 Å². The summed E-state index contributed by atoms with van der Waals surface area (Å²) >= 11 is -3.01. The van der Waals surface area contributed by atoms with Crippen LogP contribution in [0.15, 0.2) is 279 Å². The largest absolute Gasteiger partial charge is 0.497 e. The van der Waals surface area contributed by atoms with Gasteiger partial charge in [-0.15, -0.1) is 0 Å². The first kappa shape index (κ1) is 116. The van der Waals surface area contributed by atoms with Crippen molar-refractivity contribution in [2.24, 2.45) is 0 Å². The molecule has 0 saturated carbocycles. The average Bonchev–Trinajstić information content (AvgIpc) is 0.748. The predicted molar refractivity (Wildman–Crippen MR) is 615 cm³/mol. The Morgan fingerprint density at radius 2 is 0.529 bits per heavy atom. The third-order valence-corrected chi connectivity index (χ3v) is 42.8. The van der Waals surface area contributed by atoms with Crippen molar-refractivity contribution >= 4 is 200 Å². The summed E-state index contributed by atoms with van der Waals surface area (Å²) in [4.78, 5) is 6.82. The minimum Gasteiger partial charge on any atom is -0.497 e. The average molecular weight is 2220 g/mol. The van der Waals surface area contributed by atoms with Crippen LogP contribution in [0.2, 0.25) is 58.9 Å². The molecule has 0 spiro atoms. The Kier molecular flexibility index (Phi) is 45.8. The molecule has 0 radical (unpaired) electrons. The van der Waals surface area contributed by atoms with Crippen molar-refractivity contribution in [2.75, 3.05) is 100 Å². The summed E-state index contributed by atoms with van der Waals surface area (Å²) in [7, 11) is 21.6. The molecule has 0 bridgehead atoms. The van der Waals surface area contributed by atoms with Gasteiger partial charge in [0.05, 0.1) is 94.4 Å². The molecular weight excluding hydrogens is 2090 g/mol. The minimum atomic E-state index is -3.01. The van der Waals surface area contributed by atoms with Crippen molar-refractivity contribution in [3.8, 4) is 69.0 Å². The summed E-state index contributed by atoms with van der Waals surface area (Å²) < 4.78 is 163. The molecule has 7 unspecified atom stereocenters. The van der Waals surface area contributed by atoms with Gasteiger partial charge in [0.2, 0.25) is 0 Å². The van der Waals surface area contributed by atoms with E-state index in [2.05, 4.69) is 110 Å². The second-order valence-electron chi connectivity index (χ2n) is 35.1. The zero-order valence-corrected chi connectivity index (χ0v) is 97.0. The molecule has 7 atom stereocenters. The zero-order chi connectivity index (χ0) is 103. The molecule has 0 heterocycles. The first-order valence-corrected chi connectivity index (χ1v) is 72.4. The van der Waals surface area contributed by atoms with Crippen molar-refractivity contribution in [1.82, 2.24) is 0 Å². The number of methoxy groups -OCH3 is 12. The van der Waals surface area contributed by atoms with Crippen LogP contribution in [0.25, 0.3) is 0 Å². The van der Waals surface area contributed by atoms with E-state index in [0.29, 0.717) is 61.5 Å². The molecule has 0 N–H and O–H groups in total. The van der Waals surface area contributed by atoms with E-state index in [1.807, 2.05) is 140 Å². The van der Waals surface area contributed by atoms with E-state index in [1.165, 1.54) is 61.6 Å². The number of aryl methyl sites for hydroxylation is 1. The number of hydrogen-bond acceptors (Lipinski definition) is 13. The molecule has 0 aliphatic heterocycles. The molecule has 0 aliphatic carbocycles. The fourth-order valence-corrected chi connectivity index (χ4v) is 31.5. The monoisotopic (exact) mass is 2220 g/mol. The van der Waals surface area contributed by atoms with E-state index in [0.717, 1.165) is 87.4 Å². The SMILES string of the molecule is COc1c(Pc2ccccc2F)cc([Si](C)(C)C)cc1I(C)(C)(C)S.COc1c(Pc2ccccc2F)cccc1[Si](C)(C)C.COc1cc(OC)c(OC)c(Pc2ccccc2F)c1.COc1ccc(OC)c(Pc2ccccc2F)c1.COc1ccc([Si](C)(C)C)cc1Pc1ccccc1F.COc1cccc(Pc2c(C)cccc2F)c1OC.COc1cccc(Pc2ccccc2F)c1OC. The van der Waals surface area contributed by atoms with Gasteiger partial charge < -0.3 is 52.1 Å². The third kappa shape index (κ3) is 34.1. The molecule has 0 aromatic heterocycles. The molecule has 746 valence electrons. The van der Waals surface area contributed by atoms with Gasteiger partial charge in [0.1, 0.15) is 63.7 Å². The Balaban J connectivity index is 0.000000201. The Hall–Kier alpha value is -9.07. The van der Waals surface area contributed by atoms with Crippen LogP contribution in [-0.4, -0.2) is 124 Å². The summed E-state index contributed by atoms with van der Waals surface area (Å²) in [5.41, 5.74) is 0.947. The number of benzene rings is 14. The van der Waals surface area contributed by atoms with E-state index in [9.17, 15) is 30.7 Å². The maximum absolute atomic E-state index is 14.2. The van der Waals surface area contributed by atoms with Crippen LogP contribution in [0.5, 0.6) is 69.0 Å². The summed E-state index contributed by atoms with van der Waals surface area (Å²) in [6, 6.07) is 83.8. The number of thiol groups is 1. The molecule has 0 saturated heterocycles. The molecule has 14 rings (SSSR count). The van der Waals surface area contributed by atoms with Crippen molar-refractivity contribution < 1.29 is 87.6 Å². The number of rotatable bonds is 30. The third-order valence-electron chi connectivity index (χ3n) is 21.1. The van der Waals surface area contributed by atoms with Gasteiger partial charge in [-0.2, -0.15) is 0 Å². The van der Waals surface area contributed by atoms with Gasteiger partial charge in [-0.25, -0.2) is 26.3 Å². The molecule has 0 aliphatic rings. The van der Waals surface area contributed by atoms with Crippen LogP contribution in [-0.2, 0) is 0 Å². The van der Waals surface area contributed by atoms with E-state index in [-0.39, 0.29) is 101 Å². The predicted octanol–water partition coefficient (Wildman–Crippen LogP) is 20.7. The number of ether oxygens (including phenoxy) is 12. The van der Waals surface area contributed by atoms with Crippen molar-refractivity contribution in [2.45, 2.75) is 65.8 Å². The van der Waals surface area contributed by atoms with Gasteiger partial charge in [-0.1, -0.05) is 254 Å². The summed E-state index contributed by atoms with van der Waals surface area (Å²) in [5.74, 6) is 7.45. The topological polar surface area (TPSA) is 111 Å². The van der Waals surface area contributed by atoms with Crippen molar-refractivity contribution in [3.63, 3.8) is 0 Å². The van der Waals surface area contributed by atoms with Gasteiger partial charge in [0.25, 0.3) is 0 Å². The maximum atomic E-state index is 14.2. The maximum Gasteiger partial charge on any atom is 0.168 e. The number of halogens is 8. The van der Waals surface area contributed by atoms with Crippen LogP contribution in [0.3, 0.4) is 0 Å². The normalized spacial score (nSPS) is 11.8. The molecule has 31 heteroatoms. The second kappa shape index (κ2) is 55.1. The Morgan fingerprint density at radius 1 is 0.229 bits per heavy atom. The minimum absolute atomic E-state index is 0.120. The fraction of sp³-hybridized carbons (Fsp3) is 0.229. The van der Waals surface area contributed by atoms with Crippen LogP contribution in [0.1, 0.15) is 5.56 Å². The first-order valence-electron chi connectivity index (χ1n) is 44.1. The Bertz CT molecular complexity index is 6310. The van der Waals surface area contributed by atoms with Gasteiger partial charge >= 0.3 is 160 Å². The van der Waals surface area contributed by atoms with Gasteiger partial charge in [-0.05, 0) is 96.5 Å². The molecule has 140 heavy (non-hydrogen) atoms. The molecule has 14 aromatic rings. The molecule has 0 fully saturated rings. The second-order valence-corrected chi connectivity index (χ2v) is 81.8. The number of alkyl halides is 3. The summed E-state index contributed by atoms with van der Waals surface area (Å²) in [5, 5.41) is 15.8. The number of hydrogen-bond donors (Lipinski definition) is 1. The van der Waals surface area contributed by atoms with Gasteiger partial charge in [0.15, 0.2) is 34.5 Å². The van der Waals surface area contributed by atoms with E-state index in [4.69, 9.17) is 66.6 Å². The van der Waals surface area contributed by atoms with Crippen molar-refractivity contribution in [3.05, 3.63) is 329 Å². The first-order chi connectivity index (χ1) is 66.5.